The van der Waals surface area contributed by atoms with Crippen molar-refractivity contribution in [3.05, 3.63) is 35.4 Å². The highest BCUT2D eigenvalue weighted by atomic mass is 16.5. The molecule has 1 aromatic carbocycles. The maximum atomic E-state index is 12.2. The van der Waals surface area contributed by atoms with Crippen molar-refractivity contribution in [3.8, 4) is 0 Å². The Morgan fingerprint density at radius 2 is 1.64 bits per heavy atom. The quantitative estimate of drug-likeness (QED) is 0.791. The first kappa shape index (κ1) is 16.5. The highest BCUT2D eigenvalue weighted by molar-refractivity contribution is 5.97. The summed E-state index contributed by atoms with van der Waals surface area (Å²) in [4.78, 5) is 24.0. The Kier molecular flexibility index (Phi) is 6.40. The maximum absolute atomic E-state index is 12.2. The summed E-state index contributed by atoms with van der Waals surface area (Å²) in [6.45, 7) is 0.951. The maximum Gasteiger partial charge on any atom is 0.251 e. The molecule has 2 rings (SSSR count). The summed E-state index contributed by atoms with van der Waals surface area (Å²) in [5.41, 5.74) is 1.14. The topological polar surface area (TPSA) is 67.4 Å². The third kappa shape index (κ3) is 4.84. The van der Waals surface area contributed by atoms with Crippen LogP contribution in [0.15, 0.2) is 24.3 Å². The first-order chi connectivity index (χ1) is 10.7. The second-order valence-electron chi connectivity index (χ2n) is 5.63. The fourth-order valence-corrected chi connectivity index (χ4v) is 2.66. The van der Waals surface area contributed by atoms with Crippen LogP contribution in [0.1, 0.15) is 52.8 Å². The zero-order valence-electron chi connectivity index (χ0n) is 13.1. The lowest BCUT2D eigenvalue weighted by Gasteiger charge is -2.22. The Bertz CT molecular complexity index is 493. The Hall–Kier alpha value is -1.88. The molecule has 1 saturated carbocycles. The summed E-state index contributed by atoms with van der Waals surface area (Å²) >= 11 is 0. The third-order valence-electron chi connectivity index (χ3n) is 3.94. The van der Waals surface area contributed by atoms with E-state index in [0.29, 0.717) is 30.3 Å². The molecule has 0 aromatic heterocycles. The molecule has 1 aromatic rings. The Labute approximate surface area is 131 Å². The second-order valence-corrected chi connectivity index (χ2v) is 5.63. The lowest BCUT2D eigenvalue weighted by Crippen LogP contribution is -2.36. The summed E-state index contributed by atoms with van der Waals surface area (Å²) in [5, 5.41) is 5.82. The molecule has 22 heavy (non-hydrogen) atoms. The van der Waals surface area contributed by atoms with Gasteiger partial charge in [0, 0.05) is 30.8 Å². The van der Waals surface area contributed by atoms with Gasteiger partial charge in [-0.15, -0.1) is 0 Å². The SMILES string of the molecule is COCCNC(=O)c1ccc(C(=O)NC2CCCCC2)cc1. The van der Waals surface area contributed by atoms with Gasteiger partial charge in [0.15, 0.2) is 0 Å². The van der Waals surface area contributed by atoms with Crippen LogP contribution in [0.25, 0.3) is 0 Å². The van der Waals surface area contributed by atoms with Crippen molar-refractivity contribution >= 4 is 11.8 Å². The van der Waals surface area contributed by atoms with Crippen LogP contribution < -0.4 is 10.6 Å². The van der Waals surface area contributed by atoms with Gasteiger partial charge in [-0.1, -0.05) is 19.3 Å². The minimum Gasteiger partial charge on any atom is -0.383 e. The van der Waals surface area contributed by atoms with E-state index >= 15 is 0 Å². The van der Waals surface area contributed by atoms with E-state index in [2.05, 4.69) is 10.6 Å². The number of amides is 2. The van der Waals surface area contributed by atoms with Gasteiger partial charge < -0.3 is 15.4 Å². The normalized spacial score (nSPS) is 15.3. The van der Waals surface area contributed by atoms with Gasteiger partial charge in [-0.3, -0.25) is 9.59 Å². The Morgan fingerprint density at radius 1 is 1.05 bits per heavy atom. The van der Waals surface area contributed by atoms with Gasteiger partial charge in [-0.25, -0.2) is 0 Å². The van der Waals surface area contributed by atoms with Gasteiger partial charge in [0.1, 0.15) is 0 Å². The van der Waals surface area contributed by atoms with Gasteiger partial charge in [-0.2, -0.15) is 0 Å². The van der Waals surface area contributed by atoms with Gasteiger partial charge in [-0.05, 0) is 37.1 Å². The van der Waals surface area contributed by atoms with E-state index in [-0.39, 0.29) is 11.8 Å². The number of hydrogen-bond acceptors (Lipinski definition) is 3. The van der Waals surface area contributed by atoms with Crippen molar-refractivity contribution in [2.24, 2.45) is 0 Å². The summed E-state index contributed by atoms with van der Waals surface area (Å²) in [7, 11) is 1.59. The zero-order valence-corrected chi connectivity index (χ0v) is 13.1. The van der Waals surface area contributed by atoms with E-state index < -0.39 is 0 Å². The fourth-order valence-electron chi connectivity index (χ4n) is 2.66. The summed E-state index contributed by atoms with van der Waals surface area (Å²) in [6, 6.07) is 7.04. The molecule has 0 aliphatic heterocycles. The summed E-state index contributed by atoms with van der Waals surface area (Å²) in [5.74, 6) is -0.213. The molecule has 1 aliphatic rings. The molecule has 2 amide bonds. The van der Waals surface area contributed by atoms with Crippen molar-refractivity contribution in [1.82, 2.24) is 10.6 Å². The summed E-state index contributed by atoms with van der Waals surface area (Å²) < 4.78 is 4.88. The molecule has 120 valence electrons. The molecule has 5 nitrogen and oxygen atoms in total. The van der Waals surface area contributed by atoms with E-state index in [9.17, 15) is 9.59 Å². The smallest absolute Gasteiger partial charge is 0.251 e. The van der Waals surface area contributed by atoms with E-state index in [1.165, 1.54) is 19.3 Å². The lowest BCUT2D eigenvalue weighted by molar-refractivity contribution is 0.0919. The molecule has 0 bridgehead atoms. The van der Waals surface area contributed by atoms with Gasteiger partial charge in [0.25, 0.3) is 11.8 Å². The first-order valence-corrected chi connectivity index (χ1v) is 7.89. The molecule has 0 heterocycles. The third-order valence-corrected chi connectivity index (χ3v) is 3.94. The predicted octanol–water partition coefficient (Wildman–Crippen LogP) is 2.13. The van der Waals surface area contributed by atoms with E-state index in [0.717, 1.165) is 12.8 Å². The molecule has 0 atom stereocenters. The fraction of sp³-hybridized carbons (Fsp3) is 0.529. The number of nitrogens with one attached hydrogen (secondary N) is 2. The van der Waals surface area contributed by atoms with Crippen molar-refractivity contribution in [1.29, 1.82) is 0 Å². The molecule has 1 aliphatic carbocycles. The van der Waals surface area contributed by atoms with Crippen LogP contribution in [0.5, 0.6) is 0 Å². The van der Waals surface area contributed by atoms with Crippen molar-refractivity contribution in [3.63, 3.8) is 0 Å². The molecule has 5 heteroatoms. The van der Waals surface area contributed by atoms with Crippen LogP contribution in [-0.4, -0.2) is 38.1 Å². The standard InChI is InChI=1S/C17H24N2O3/c1-22-12-11-18-16(20)13-7-9-14(10-8-13)17(21)19-15-5-3-2-4-6-15/h7-10,15H,2-6,11-12H2,1H3,(H,18,20)(H,19,21). The van der Waals surface area contributed by atoms with Gasteiger partial charge in [0.05, 0.1) is 6.61 Å². The van der Waals surface area contributed by atoms with Crippen LogP contribution in [0.2, 0.25) is 0 Å². The molecule has 0 radical (unpaired) electrons. The zero-order chi connectivity index (χ0) is 15.8. The van der Waals surface area contributed by atoms with Crippen LogP contribution >= 0.6 is 0 Å². The average Bonchev–Trinajstić information content (AvgIpc) is 2.56. The Morgan fingerprint density at radius 3 is 2.23 bits per heavy atom. The minimum absolute atomic E-state index is 0.0572. The van der Waals surface area contributed by atoms with Crippen molar-refractivity contribution in [2.75, 3.05) is 20.3 Å². The molecule has 0 unspecified atom stereocenters. The molecular formula is C17H24N2O3. The van der Waals surface area contributed by atoms with Crippen LogP contribution in [0.4, 0.5) is 0 Å². The number of ether oxygens (including phenoxy) is 1. The number of carbonyl (C=O) groups excluding carboxylic acids is 2. The van der Waals surface area contributed by atoms with Crippen molar-refractivity contribution < 1.29 is 14.3 Å². The molecule has 1 fully saturated rings. The number of carbonyl (C=O) groups is 2. The predicted molar refractivity (Wildman–Crippen MR) is 85.0 cm³/mol. The average molecular weight is 304 g/mol. The number of hydrogen-bond donors (Lipinski definition) is 2. The summed E-state index contributed by atoms with van der Waals surface area (Å²) in [6.07, 6.45) is 5.76. The second kappa shape index (κ2) is 8.54. The highest BCUT2D eigenvalue weighted by Gasteiger charge is 2.16. The van der Waals surface area contributed by atoms with E-state index in [1.807, 2.05) is 0 Å². The Balaban J connectivity index is 1.87. The monoisotopic (exact) mass is 304 g/mol. The molecule has 0 saturated heterocycles. The number of benzene rings is 1. The van der Waals surface area contributed by atoms with Gasteiger partial charge >= 0.3 is 0 Å². The van der Waals surface area contributed by atoms with Crippen molar-refractivity contribution in [2.45, 2.75) is 38.1 Å². The van der Waals surface area contributed by atoms with Crippen LogP contribution in [0.3, 0.4) is 0 Å². The van der Waals surface area contributed by atoms with Gasteiger partial charge in [0.2, 0.25) is 0 Å². The lowest BCUT2D eigenvalue weighted by atomic mass is 9.95. The molecular weight excluding hydrogens is 280 g/mol. The van der Waals surface area contributed by atoms with E-state index in [4.69, 9.17) is 4.74 Å². The highest BCUT2D eigenvalue weighted by Crippen LogP contribution is 2.18. The molecule has 0 spiro atoms. The van der Waals surface area contributed by atoms with Crippen LogP contribution in [-0.2, 0) is 4.74 Å². The number of rotatable bonds is 6. The van der Waals surface area contributed by atoms with Crippen LogP contribution in [0, 0.1) is 0 Å². The largest absolute Gasteiger partial charge is 0.383 e. The molecule has 2 N–H and O–H groups in total. The van der Waals surface area contributed by atoms with E-state index in [1.54, 1.807) is 31.4 Å². The minimum atomic E-state index is -0.156. The first-order valence-electron chi connectivity index (χ1n) is 7.89. The number of methoxy groups -OCH3 is 1.